The maximum atomic E-state index is 12.8. The standard InChI is InChI=1S/C18H22N2O4/c21-16(22)11-20(12-6-2-1-3-7-12)18(24)17(23)14-10-19-15-9-5-4-8-13(14)15/h4-5,8-9,12,14,19H,1-3,6-7,10-11H2,(H,21,22). The number of nitrogens with one attached hydrogen (secondary N) is 1. The smallest absolute Gasteiger partial charge is 0.323 e. The van der Waals surface area contributed by atoms with Crippen molar-refractivity contribution in [3.63, 3.8) is 0 Å². The number of Topliss-reactive ketones (excluding diaryl/α,β-unsaturated/α-hetero) is 1. The number of anilines is 1. The minimum absolute atomic E-state index is 0.143. The van der Waals surface area contributed by atoms with Crippen LogP contribution in [0.15, 0.2) is 24.3 Å². The topological polar surface area (TPSA) is 86.7 Å². The monoisotopic (exact) mass is 330 g/mol. The molecule has 0 spiro atoms. The lowest BCUT2D eigenvalue weighted by Crippen LogP contribution is -2.48. The number of hydrogen-bond acceptors (Lipinski definition) is 4. The van der Waals surface area contributed by atoms with Crippen molar-refractivity contribution >= 4 is 23.3 Å². The Kier molecular flexibility index (Phi) is 4.83. The molecular weight excluding hydrogens is 308 g/mol. The molecule has 2 aliphatic rings. The van der Waals surface area contributed by atoms with Crippen LogP contribution in [0, 0.1) is 0 Å². The number of benzene rings is 1. The van der Waals surface area contributed by atoms with E-state index in [0.717, 1.165) is 43.4 Å². The molecule has 1 aliphatic carbocycles. The van der Waals surface area contributed by atoms with Crippen molar-refractivity contribution in [2.75, 3.05) is 18.4 Å². The Labute approximate surface area is 140 Å². The van der Waals surface area contributed by atoms with Gasteiger partial charge in [0.15, 0.2) is 0 Å². The van der Waals surface area contributed by atoms with Crippen molar-refractivity contribution < 1.29 is 19.5 Å². The number of carbonyl (C=O) groups is 3. The molecule has 0 aromatic heterocycles. The lowest BCUT2D eigenvalue weighted by Gasteiger charge is -2.33. The van der Waals surface area contributed by atoms with Crippen LogP contribution >= 0.6 is 0 Å². The third-order valence-corrected chi connectivity index (χ3v) is 4.94. The van der Waals surface area contributed by atoms with Gasteiger partial charge >= 0.3 is 5.97 Å². The Balaban J connectivity index is 1.79. The molecule has 3 rings (SSSR count). The molecule has 1 amide bonds. The molecule has 0 bridgehead atoms. The van der Waals surface area contributed by atoms with Gasteiger partial charge in [0.25, 0.3) is 5.91 Å². The molecule has 1 aromatic carbocycles. The first-order chi connectivity index (χ1) is 11.6. The highest BCUT2D eigenvalue weighted by atomic mass is 16.4. The Bertz CT molecular complexity index is 652. The van der Waals surface area contributed by atoms with Crippen LogP contribution in [0.25, 0.3) is 0 Å². The second kappa shape index (κ2) is 7.03. The van der Waals surface area contributed by atoms with Crippen molar-refractivity contribution in [3.05, 3.63) is 29.8 Å². The van der Waals surface area contributed by atoms with Gasteiger partial charge in [-0.15, -0.1) is 0 Å². The fourth-order valence-corrected chi connectivity index (χ4v) is 3.71. The molecule has 24 heavy (non-hydrogen) atoms. The van der Waals surface area contributed by atoms with E-state index in [2.05, 4.69) is 5.32 Å². The first-order valence-electron chi connectivity index (χ1n) is 8.47. The second-order valence-corrected chi connectivity index (χ2v) is 6.50. The lowest BCUT2D eigenvalue weighted by molar-refractivity contribution is -0.152. The molecule has 1 heterocycles. The van der Waals surface area contributed by atoms with Crippen LogP contribution in [0.1, 0.15) is 43.6 Å². The highest BCUT2D eigenvalue weighted by molar-refractivity contribution is 6.38. The van der Waals surface area contributed by atoms with Crippen LogP contribution in [0.4, 0.5) is 5.69 Å². The van der Waals surface area contributed by atoms with E-state index in [-0.39, 0.29) is 6.04 Å². The highest BCUT2D eigenvalue weighted by Gasteiger charge is 2.37. The number of aliphatic carboxylic acids is 1. The number of carboxylic acids is 1. The number of para-hydroxylation sites is 1. The molecule has 0 radical (unpaired) electrons. The second-order valence-electron chi connectivity index (χ2n) is 6.50. The van der Waals surface area contributed by atoms with Crippen molar-refractivity contribution in [2.24, 2.45) is 0 Å². The summed E-state index contributed by atoms with van der Waals surface area (Å²) < 4.78 is 0. The maximum Gasteiger partial charge on any atom is 0.323 e. The van der Waals surface area contributed by atoms with E-state index in [1.54, 1.807) is 0 Å². The van der Waals surface area contributed by atoms with E-state index in [4.69, 9.17) is 5.11 Å². The molecule has 6 nitrogen and oxygen atoms in total. The molecule has 6 heteroatoms. The van der Waals surface area contributed by atoms with Crippen molar-refractivity contribution in [1.29, 1.82) is 0 Å². The SMILES string of the molecule is O=C(O)CN(C(=O)C(=O)C1CNc2ccccc21)C1CCCCC1. The fourth-order valence-electron chi connectivity index (χ4n) is 3.71. The van der Waals surface area contributed by atoms with Crippen LogP contribution in [0.3, 0.4) is 0 Å². The summed E-state index contributed by atoms with van der Waals surface area (Å²) in [5.74, 6) is -2.78. The molecule has 0 saturated heterocycles. The van der Waals surface area contributed by atoms with E-state index >= 15 is 0 Å². The summed E-state index contributed by atoms with van der Waals surface area (Å²) in [4.78, 5) is 38.0. The van der Waals surface area contributed by atoms with Gasteiger partial charge in [-0.2, -0.15) is 0 Å². The molecule has 1 atom stereocenters. The van der Waals surface area contributed by atoms with Gasteiger partial charge in [-0.25, -0.2) is 0 Å². The molecule has 1 unspecified atom stereocenters. The van der Waals surface area contributed by atoms with Gasteiger partial charge in [0.1, 0.15) is 6.54 Å². The normalized spacial score (nSPS) is 20.1. The van der Waals surface area contributed by atoms with Crippen LogP contribution < -0.4 is 5.32 Å². The quantitative estimate of drug-likeness (QED) is 0.807. The summed E-state index contributed by atoms with van der Waals surface area (Å²) in [6, 6.07) is 7.29. The van der Waals surface area contributed by atoms with Gasteiger partial charge in [-0.3, -0.25) is 14.4 Å². The minimum atomic E-state index is -1.08. The van der Waals surface area contributed by atoms with E-state index in [1.165, 1.54) is 4.90 Å². The Hall–Kier alpha value is -2.37. The maximum absolute atomic E-state index is 12.8. The summed E-state index contributed by atoms with van der Waals surface area (Å²) in [7, 11) is 0. The van der Waals surface area contributed by atoms with Crippen molar-refractivity contribution in [1.82, 2.24) is 4.90 Å². The fraction of sp³-hybridized carbons (Fsp3) is 0.500. The van der Waals surface area contributed by atoms with E-state index < -0.39 is 30.1 Å². The molecule has 128 valence electrons. The zero-order valence-electron chi connectivity index (χ0n) is 13.5. The number of carbonyl (C=O) groups excluding carboxylic acids is 2. The third-order valence-electron chi connectivity index (χ3n) is 4.94. The average Bonchev–Trinajstić information content (AvgIpc) is 3.03. The summed E-state index contributed by atoms with van der Waals surface area (Å²) in [5.41, 5.74) is 1.68. The summed E-state index contributed by atoms with van der Waals surface area (Å²) in [5, 5.41) is 12.3. The Morgan fingerprint density at radius 1 is 1.12 bits per heavy atom. The third kappa shape index (κ3) is 3.27. The number of amides is 1. The predicted octanol–water partition coefficient (Wildman–Crippen LogP) is 2.01. The summed E-state index contributed by atoms with van der Waals surface area (Å²) in [6.07, 6.45) is 4.57. The number of carboxylic acid groups (broad SMARTS) is 1. The average molecular weight is 330 g/mol. The van der Waals surface area contributed by atoms with Gasteiger partial charge in [-0.05, 0) is 24.5 Å². The van der Waals surface area contributed by atoms with Gasteiger partial charge < -0.3 is 15.3 Å². The zero-order chi connectivity index (χ0) is 17.1. The van der Waals surface area contributed by atoms with Crippen molar-refractivity contribution in [3.8, 4) is 0 Å². The summed E-state index contributed by atoms with van der Waals surface area (Å²) in [6.45, 7) is -0.0213. The predicted molar refractivity (Wildman–Crippen MR) is 88.9 cm³/mol. The number of hydrogen-bond donors (Lipinski definition) is 2. The van der Waals surface area contributed by atoms with Crippen molar-refractivity contribution in [2.45, 2.75) is 44.1 Å². The van der Waals surface area contributed by atoms with E-state index in [9.17, 15) is 14.4 Å². The molecule has 1 fully saturated rings. The molecule has 1 aliphatic heterocycles. The van der Waals surface area contributed by atoms with E-state index in [0.29, 0.717) is 6.54 Å². The number of nitrogens with zero attached hydrogens (tertiary/aromatic N) is 1. The zero-order valence-corrected chi connectivity index (χ0v) is 13.5. The Morgan fingerprint density at radius 3 is 2.54 bits per heavy atom. The Morgan fingerprint density at radius 2 is 1.83 bits per heavy atom. The lowest BCUT2D eigenvalue weighted by atomic mass is 9.92. The largest absolute Gasteiger partial charge is 0.480 e. The molecule has 1 saturated carbocycles. The van der Waals surface area contributed by atoms with Crippen LogP contribution in [-0.4, -0.2) is 46.8 Å². The van der Waals surface area contributed by atoms with E-state index in [1.807, 2.05) is 24.3 Å². The van der Waals surface area contributed by atoms with Gasteiger partial charge in [0.05, 0.1) is 5.92 Å². The first kappa shape index (κ1) is 16.5. The van der Waals surface area contributed by atoms with Gasteiger partial charge in [0, 0.05) is 18.3 Å². The molecule has 2 N–H and O–H groups in total. The highest BCUT2D eigenvalue weighted by Crippen LogP contribution is 2.32. The van der Waals surface area contributed by atoms with Crippen LogP contribution in [0.2, 0.25) is 0 Å². The van der Waals surface area contributed by atoms with Gasteiger partial charge in [-0.1, -0.05) is 37.5 Å². The van der Waals surface area contributed by atoms with Crippen LogP contribution in [-0.2, 0) is 14.4 Å². The van der Waals surface area contributed by atoms with Gasteiger partial charge in [0.2, 0.25) is 5.78 Å². The first-order valence-corrected chi connectivity index (χ1v) is 8.47. The van der Waals surface area contributed by atoms with Crippen LogP contribution in [0.5, 0.6) is 0 Å². The number of ketones is 1. The molecule has 1 aromatic rings. The molecular formula is C18H22N2O4. The minimum Gasteiger partial charge on any atom is -0.480 e. The summed E-state index contributed by atoms with van der Waals surface area (Å²) >= 11 is 0. The number of rotatable bonds is 5. The number of fused-ring (bicyclic) bond motifs is 1.